The molecule has 2 aromatic carbocycles. The molecule has 1 atom stereocenters. The third-order valence-electron chi connectivity index (χ3n) is 2.94. The van der Waals surface area contributed by atoms with E-state index in [4.69, 9.17) is 23.2 Å². The predicted molar refractivity (Wildman–Crippen MR) is 102 cm³/mol. The highest BCUT2D eigenvalue weighted by Crippen LogP contribution is 2.34. The minimum absolute atomic E-state index is 0.551. The molecule has 2 rings (SSSR count). The first-order chi connectivity index (χ1) is 10.5. The molecule has 0 aliphatic heterocycles. The maximum Gasteiger partial charge on any atom is 0.186 e. The van der Waals surface area contributed by atoms with Crippen LogP contribution in [0.1, 0.15) is 5.56 Å². The lowest BCUT2D eigenvalue weighted by molar-refractivity contribution is 0.608. The average molecular weight is 372 g/mol. The van der Waals surface area contributed by atoms with Crippen LogP contribution in [0.5, 0.6) is 0 Å². The summed E-state index contributed by atoms with van der Waals surface area (Å²) in [5.74, 6) is 0. The summed E-state index contributed by atoms with van der Waals surface area (Å²) < 4.78 is 12.5. The van der Waals surface area contributed by atoms with E-state index in [9.17, 15) is 4.55 Å². The van der Waals surface area contributed by atoms with Gasteiger partial charge >= 0.3 is 0 Å². The molecular weight excluding hydrogens is 357 g/mol. The van der Waals surface area contributed by atoms with Crippen LogP contribution in [0, 0.1) is 0 Å². The Labute approximate surface area is 148 Å². The van der Waals surface area contributed by atoms with E-state index in [2.05, 4.69) is 5.32 Å². The molecule has 0 amide bonds. The number of thioether (sulfide) groups is 1. The van der Waals surface area contributed by atoms with E-state index in [0.29, 0.717) is 15.7 Å². The quantitative estimate of drug-likeness (QED) is 0.676. The SMILES string of the molecule is CS/C(=C\c1ccccc1Nc1c(Cl)cccc1Cl)[S+](C)[O-]. The lowest BCUT2D eigenvalue weighted by atomic mass is 10.1. The van der Waals surface area contributed by atoms with Gasteiger partial charge in [-0.1, -0.05) is 59.2 Å². The molecule has 116 valence electrons. The van der Waals surface area contributed by atoms with Gasteiger partial charge in [0, 0.05) is 17.3 Å². The lowest BCUT2D eigenvalue weighted by Crippen LogP contribution is -1.99. The molecule has 0 saturated carbocycles. The van der Waals surface area contributed by atoms with Gasteiger partial charge in [-0.05, 0) is 35.6 Å². The number of anilines is 2. The van der Waals surface area contributed by atoms with Gasteiger partial charge in [-0.25, -0.2) is 0 Å². The van der Waals surface area contributed by atoms with E-state index in [1.807, 2.05) is 36.6 Å². The first-order valence-electron chi connectivity index (χ1n) is 6.42. The first-order valence-corrected chi connectivity index (χ1v) is 9.96. The van der Waals surface area contributed by atoms with Crippen molar-refractivity contribution in [1.29, 1.82) is 0 Å². The second-order valence-electron chi connectivity index (χ2n) is 4.43. The van der Waals surface area contributed by atoms with Crippen LogP contribution in [0.3, 0.4) is 0 Å². The molecule has 22 heavy (non-hydrogen) atoms. The Bertz CT molecular complexity index is 669. The minimum Gasteiger partial charge on any atom is -0.611 e. The number of hydrogen-bond acceptors (Lipinski definition) is 3. The molecule has 0 saturated heterocycles. The number of rotatable bonds is 5. The van der Waals surface area contributed by atoms with Crippen LogP contribution < -0.4 is 5.32 Å². The van der Waals surface area contributed by atoms with Crippen molar-refractivity contribution >= 4 is 63.6 Å². The van der Waals surface area contributed by atoms with Crippen LogP contribution in [-0.4, -0.2) is 17.1 Å². The van der Waals surface area contributed by atoms with Crippen LogP contribution in [0.4, 0.5) is 11.4 Å². The van der Waals surface area contributed by atoms with Crippen molar-refractivity contribution in [2.45, 2.75) is 0 Å². The highest BCUT2D eigenvalue weighted by atomic mass is 35.5. The summed E-state index contributed by atoms with van der Waals surface area (Å²) in [5.41, 5.74) is 2.45. The molecule has 2 nitrogen and oxygen atoms in total. The zero-order valence-corrected chi connectivity index (χ0v) is 15.2. The van der Waals surface area contributed by atoms with E-state index < -0.39 is 11.2 Å². The van der Waals surface area contributed by atoms with Crippen molar-refractivity contribution in [2.24, 2.45) is 0 Å². The lowest BCUT2D eigenvalue weighted by Gasteiger charge is -2.13. The van der Waals surface area contributed by atoms with Crippen LogP contribution in [-0.2, 0) is 11.2 Å². The summed E-state index contributed by atoms with van der Waals surface area (Å²) in [7, 11) is 0. The molecule has 1 N–H and O–H groups in total. The Morgan fingerprint density at radius 1 is 1.14 bits per heavy atom. The number of hydrogen-bond donors (Lipinski definition) is 1. The van der Waals surface area contributed by atoms with Crippen molar-refractivity contribution in [3.63, 3.8) is 0 Å². The number of para-hydroxylation sites is 2. The molecule has 6 heteroatoms. The molecule has 0 aromatic heterocycles. The molecule has 1 unspecified atom stereocenters. The van der Waals surface area contributed by atoms with E-state index in [1.54, 1.807) is 24.5 Å². The Hall–Kier alpha value is -0.780. The third kappa shape index (κ3) is 4.37. The summed E-state index contributed by atoms with van der Waals surface area (Å²) >= 11 is 12.9. The first kappa shape index (κ1) is 17.6. The van der Waals surface area contributed by atoms with Crippen molar-refractivity contribution in [1.82, 2.24) is 0 Å². The zero-order chi connectivity index (χ0) is 16.1. The summed E-state index contributed by atoms with van der Waals surface area (Å²) in [5, 5.41) is 4.36. The fourth-order valence-corrected chi connectivity index (χ4v) is 3.84. The van der Waals surface area contributed by atoms with Crippen LogP contribution in [0.15, 0.2) is 46.7 Å². The predicted octanol–water partition coefficient (Wildman–Crippen LogP) is 5.78. The molecule has 0 aliphatic carbocycles. The summed E-state index contributed by atoms with van der Waals surface area (Å²) in [6.45, 7) is 0. The van der Waals surface area contributed by atoms with Gasteiger partial charge in [0.1, 0.15) is 6.26 Å². The van der Waals surface area contributed by atoms with Crippen molar-refractivity contribution in [3.8, 4) is 0 Å². The molecule has 0 bridgehead atoms. The average Bonchev–Trinajstić information content (AvgIpc) is 2.49. The van der Waals surface area contributed by atoms with Gasteiger partial charge in [-0.2, -0.15) is 0 Å². The normalized spacial score (nSPS) is 13.0. The fourth-order valence-electron chi connectivity index (χ4n) is 1.87. The van der Waals surface area contributed by atoms with Gasteiger partial charge in [0.15, 0.2) is 4.24 Å². The maximum absolute atomic E-state index is 11.7. The van der Waals surface area contributed by atoms with Gasteiger partial charge in [0.25, 0.3) is 0 Å². The molecule has 0 spiro atoms. The number of benzene rings is 2. The van der Waals surface area contributed by atoms with Gasteiger partial charge in [-0.15, -0.1) is 0 Å². The molecule has 0 radical (unpaired) electrons. The molecule has 2 aromatic rings. The Morgan fingerprint density at radius 3 is 2.36 bits per heavy atom. The molecule has 0 heterocycles. The van der Waals surface area contributed by atoms with Crippen LogP contribution in [0.2, 0.25) is 10.0 Å². The van der Waals surface area contributed by atoms with Crippen molar-refractivity contribution in [2.75, 3.05) is 17.8 Å². The summed E-state index contributed by atoms with van der Waals surface area (Å²) in [6, 6.07) is 13.1. The monoisotopic (exact) mass is 371 g/mol. The molecule has 0 fully saturated rings. The second-order valence-corrected chi connectivity index (χ2v) is 7.70. The van der Waals surface area contributed by atoms with Crippen molar-refractivity contribution < 1.29 is 4.55 Å². The van der Waals surface area contributed by atoms with E-state index in [1.165, 1.54) is 11.8 Å². The number of nitrogens with one attached hydrogen (secondary N) is 1. The molecular formula is C16H15Cl2NOS2. The van der Waals surface area contributed by atoms with Gasteiger partial charge < -0.3 is 9.87 Å². The Kier molecular flexibility index (Phi) is 6.53. The Morgan fingerprint density at radius 2 is 1.77 bits per heavy atom. The number of halogens is 2. The zero-order valence-electron chi connectivity index (χ0n) is 12.1. The maximum atomic E-state index is 11.7. The van der Waals surface area contributed by atoms with E-state index in [-0.39, 0.29) is 0 Å². The summed E-state index contributed by atoms with van der Waals surface area (Å²) in [6.07, 6.45) is 5.49. The fraction of sp³-hybridized carbons (Fsp3) is 0.125. The minimum atomic E-state index is -1.02. The van der Waals surface area contributed by atoms with Gasteiger partial charge in [0.2, 0.25) is 0 Å². The van der Waals surface area contributed by atoms with Crippen molar-refractivity contribution in [3.05, 3.63) is 62.3 Å². The third-order valence-corrected chi connectivity index (χ3v) is 5.98. The largest absolute Gasteiger partial charge is 0.611 e. The standard InChI is InChI=1S/C16H15Cl2NOS2/c1-21-15(22(2)20)10-11-6-3-4-9-14(11)19-16-12(17)7-5-8-13(16)18/h3-10,19H,1-2H3/b15-10+. The Balaban J connectivity index is 2.41. The second kappa shape index (κ2) is 8.18. The van der Waals surface area contributed by atoms with Gasteiger partial charge in [0.05, 0.1) is 15.7 Å². The van der Waals surface area contributed by atoms with Gasteiger partial charge in [-0.3, -0.25) is 0 Å². The molecule has 0 aliphatic rings. The highest BCUT2D eigenvalue weighted by Gasteiger charge is 2.11. The summed E-state index contributed by atoms with van der Waals surface area (Å²) in [4.78, 5) is 0. The smallest absolute Gasteiger partial charge is 0.186 e. The topological polar surface area (TPSA) is 35.1 Å². The highest BCUT2D eigenvalue weighted by molar-refractivity contribution is 8.18. The van der Waals surface area contributed by atoms with E-state index in [0.717, 1.165) is 15.5 Å². The van der Waals surface area contributed by atoms with Crippen LogP contribution >= 0.6 is 35.0 Å². The van der Waals surface area contributed by atoms with Crippen LogP contribution in [0.25, 0.3) is 6.08 Å². The van der Waals surface area contributed by atoms with E-state index >= 15 is 0 Å².